The molecule has 4 N–H and O–H groups in total. The van der Waals surface area contributed by atoms with Crippen LogP contribution in [0.25, 0.3) is 11.2 Å². The maximum absolute atomic E-state index is 10.4. The predicted octanol–water partition coefficient (Wildman–Crippen LogP) is 1.96. The largest absolute Gasteiger partial charge is 0.394 e. The maximum atomic E-state index is 10.4. The zero-order valence-electron chi connectivity index (χ0n) is 19.1. The van der Waals surface area contributed by atoms with Gasteiger partial charge in [0.1, 0.15) is 24.6 Å². The van der Waals surface area contributed by atoms with Crippen LogP contribution in [0.4, 0.5) is 5.82 Å². The average Bonchev–Trinajstić information content (AvgIpc) is 3.28. The molecule has 9 nitrogen and oxygen atoms in total. The summed E-state index contributed by atoms with van der Waals surface area (Å²) in [6, 6.07) is 4.46. The second kappa shape index (κ2) is 8.40. The van der Waals surface area contributed by atoms with Crippen molar-refractivity contribution < 1.29 is 20.1 Å². The lowest BCUT2D eigenvalue weighted by atomic mass is 9.84. The molecule has 0 unspecified atom stereocenters. The van der Waals surface area contributed by atoms with E-state index >= 15 is 0 Å². The Morgan fingerprint density at radius 3 is 2.34 bits per heavy atom. The van der Waals surface area contributed by atoms with Crippen LogP contribution in [0.5, 0.6) is 0 Å². The van der Waals surface area contributed by atoms with Crippen LogP contribution in [0.3, 0.4) is 0 Å². The van der Waals surface area contributed by atoms with E-state index in [1.807, 2.05) is 0 Å². The van der Waals surface area contributed by atoms with E-state index in [0.29, 0.717) is 23.5 Å². The van der Waals surface area contributed by atoms with Crippen molar-refractivity contribution >= 4 is 17.0 Å². The Morgan fingerprint density at radius 1 is 1.06 bits per heavy atom. The minimum atomic E-state index is -1.21. The van der Waals surface area contributed by atoms with E-state index < -0.39 is 31.1 Å². The molecule has 1 aliphatic rings. The summed E-state index contributed by atoms with van der Waals surface area (Å²) in [5.41, 5.74) is 6.02. The molecule has 4 rings (SSSR count). The summed E-state index contributed by atoms with van der Waals surface area (Å²) in [5.74, 6) is 0.569. The third kappa shape index (κ3) is 3.97. The Labute approximate surface area is 187 Å². The molecule has 4 atom stereocenters. The second-order valence-corrected chi connectivity index (χ2v) is 9.47. The minimum Gasteiger partial charge on any atom is -0.394 e. The SMILES string of the molecule is Cc1cc(C(C)(C)C)cc(C)c1CNc1ncnc2c1ncn2[C@@H]1O[C@H](CO)[C@@H](O)[C@H]1O. The molecule has 32 heavy (non-hydrogen) atoms. The molecule has 1 saturated heterocycles. The summed E-state index contributed by atoms with van der Waals surface area (Å²) in [7, 11) is 0. The van der Waals surface area contributed by atoms with Crippen molar-refractivity contribution in [3.05, 3.63) is 47.0 Å². The van der Waals surface area contributed by atoms with Crippen molar-refractivity contribution in [3.8, 4) is 0 Å². The highest BCUT2D eigenvalue weighted by Crippen LogP contribution is 2.32. The quantitative estimate of drug-likeness (QED) is 0.474. The van der Waals surface area contributed by atoms with Crippen LogP contribution in [0.15, 0.2) is 24.8 Å². The first-order valence-electron chi connectivity index (χ1n) is 10.8. The maximum Gasteiger partial charge on any atom is 0.167 e. The van der Waals surface area contributed by atoms with Gasteiger partial charge in [0.15, 0.2) is 23.2 Å². The first-order chi connectivity index (χ1) is 15.1. The van der Waals surface area contributed by atoms with Crippen molar-refractivity contribution in [2.75, 3.05) is 11.9 Å². The van der Waals surface area contributed by atoms with Gasteiger partial charge in [0.25, 0.3) is 0 Å². The topological polar surface area (TPSA) is 126 Å². The van der Waals surface area contributed by atoms with Crippen LogP contribution >= 0.6 is 0 Å². The van der Waals surface area contributed by atoms with Gasteiger partial charge in [-0.25, -0.2) is 15.0 Å². The standard InChI is InChI=1S/C23H31N5O4/c1-12-6-14(23(3,4)5)7-13(2)15(12)8-24-20-17-21(26-10-25-20)28(11-27-17)22-19(31)18(30)16(9-29)32-22/h6-7,10-11,16,18-19,22,29-31H,8-9H2,1-5H3,(H,24,25,26)/t16-,18-,19-,22-/m1/s1. The molecule has 0 spiro atoms. The fourth-order valence-corrected chi connectivity index (χ4v) is 4.15. The monoisotopic (exact) mass is 441 g/mol. The van der Waals surface area contributed by atoms with Crippen molar-refractivity contribution in [1.82, 2.24) is 19.5 Å². The van der Waals surface area contributed by atoms with Gasteiger partial charge in [-0.3, -0.25) is 4.57 Å². The third-order valence-corrected chi connectivity index (χ3v) is 6.14. The van der Waals surface area contributed by atoms with Crippen LogP contribution in [0, 0.1) is 13.8 Å². The number of aryl methyl sites for hydroxylation is 2. The number of rotatable bonds is 5. The van der Waals surface area contributed by atoms with Gasteiger partial charge < -0.3 is 25.4 Å². The molecular weight excluding hydrogens is 410 g/mol. The van der Waals surface area contributed by atoms with E-state index in [1.54, 1.807) is 4.57 Å². The average molecular weight is 442 g/mol. The molecule has 0 amide bonds. The number of aromatic nitrogens is 4. The van der Waals surface area contributed by atoms with Gasteiger partial charge in [0, 0.05) is 6.54 Å². The van der Waals surface area contributed by atoms with Gasteiger partial charge in [-0.2, -0.15) is 0 Å². The Bertz CT molecular complexity index is 1100. The van der Waals surface area contributed by atoms with Gasteiger partial charge in [-0.15, -0.1) is 0 Å². The fraction of sp³-hybridized carbons (Fsp3) is 0.522. The molecule has 0 radical (unpaired) electrons. The van der Waals surface area contributed by atoms with Crippen molar-refractivity contribution in [2.24, 2.45) is 0 Å². The van der Waals surface area contributed by atoms with Gasteiger partial charge >= 0.3 is 0 Å². The summed E-state index contributed by atoms with van der Waals surface area (Å²) in [4.78, 5) is 13.1. The second-order valence-electron chi connectivity index (χ2n) is 9.47. The molecular formula is C23H31N5O4. The molecule has 172 valence electrons. The van der Waals surface area contributed by atoms with E-state index in [4.69, 9.17) is 4.74 Å². The number of anilines is 1. The van der Waals surface area contributed by atoms with E-state index in [9.17, 15) is 15.3 Å². The molecule has 1 fully saturated rings. The van der Waals surface area contributed by atoms with E-state index in [1.165, 1.54) is 34.9 Å². The fourth-order valence-electron chi connectivity index (χ4n) is 4.15. The van der Waals surface area contributed by atoms with Gasteiger partial charge in [-0.05, 0) is 41.5 Å². The van der Waals surface area contributed by atoms with Gasteiger partial charge in [0.05, 0.1) is 12.9 Å². The number of ether oxygens (including phenoxy) is 1. The van der Waals surface area contributed by atoms with E-state index in [-0.39, 0.29) is 5.41 Å². The molecule has 3 heterocycles. The Morgan fingerprint density at radius 2 is 1.75 bits per heavy atom. The highest BCUT2D eigenvalue weighted by Gasteiger charge is 2.44. The highest BCUT2D eigenvalue weighted by atomic mass is 16.6. The smallest absolute Gasteiger partial charge is 0.167 e. The van der Waals surface area contributed by atoms with E-state index in [2.05, 4.69) is 67.0 Å². The number of hydrogen-bond acceptors (Lipinski definition) is 8. The lowest BCUT2D eigenvalue weighted by Gasteiger charge is -2.22. The van der Waals surface area contributed by atoms with Crippen LogP contribution in [-0.4, -0.2) is 59.8 Å². The van der Waals surface area contributed by atoms with Gasteiger partial charge in [0.2, 0.25) is 0 Å². The number of hydrogen-bond donors (Lipinski definition) is 4. The number of imidazole rings is 1. The van der Waals surface area contributed by atoms with E-state index in [0.717, 1.165) is 0 Å². The first kappa shape index (κ1) is 22.6. The van der Waals surface area contributed by atoms with Crippen LogP contribution in [-0.2, 0) is 16.7 Å². The molecule has 1 aromatic carbocycles. The molecule has 0 bridgehead atoms. The molecule has 3 aromatic rings. The Kier molecular flexibility index (Phi) is 5.93. The first-order valence-corrected chi connectivity index (χ1v) is 10.8. The molecule has 9 heteroatoms. The number of fused-ring (bicyclic) bond motifs is 1. The van der Waals surface area contributed by atoms with Crippen molar-refractivity contribution in [2.45, 2.75) is 71.1 Å². The molecule has 0 aliphatic carbocycles. The van der Waals surface area contributed by atoms with Crippen molar-refractivity contribution in [3.63, 3.8) is 0 Å². The van der Waals surface area contributed by atoms with Crippen LogP contribution in [0.1, 0.15) is 49.3 Å². The minimum absolute atomic E-state index is 0.0859. The zero-order chi connectivity index (χ0) is 23.2. The summed E-state index contributed by atoms with van der Waals surface area (Å²) in [6.45, 7) is 11.0. The Balaban J connectivity index is 1.60. The summed E-state index contributed by atoms with van der Waals surface area (Å²) in [6.07, 6.45) is -1.24. The normalized spacial score (nSPS) is 23.8. The summed E-state index contributed by atoms with van der Waals surface area (Å²) in [5, 5.41) is 33.2. The number of nitrogens with zero attached hydrogens (tertiary/aromatic N) is 4. The number of aliphatic hydroxyl groups is 3. The summed E-state index contributed by atoms with van der Waals surface area (Å²) >= 11 is 0. The molecule has 0 saturated carbocycles. The zero-order valence-corrected chi connectivity index (χ0v) is 19.1. The lowest BCUT2D eigenvalue weighted by Crippen LogP contribution is -2.33. The van der Waals surface area contributed by atoms with Gasteiger partial charge in [-0.1, -0.05) is 32.9 Å². The number of nitrogens with one attached hydrogen (secondary N) is 1. The van der Waals surface area contributed by atoms with Crippen LogP contribution < -0.4 is 5.32 Å². The molecule has 2 aromatic heterocycles. The van der Waals surface area contributed by atoms with Crippen molar-refractivity contribution in [1.29, 1.82) is 0 Å². The third-order valence-electron chi connectivity index (χ3n) is 6.14. The number of benzene rings is 1. The predicted molar refractivity (Wildman–Crippen MR) is 120 cm³/mol. The van der Waals surface area contributed by atoms with Crippen LogP contribution in [0.2, 0.25) is 0 Å². The highest BCUT2D eigenvalue weighted by molar-refractivity contribution is 5.82. The Hall–Kier alpha value is -2.59. The lowest BCUT2D eigenvalue weighted by molar-refractivity contribution is -0.0511. The number of aliphatic hydroxyl groups excluding tert-OH is 3. The summed E-state index contributed by atoms with van der Waals surface area (Å²) < 4.78 is 7.17. The molecule has 1 aliphatic heterocycles.